The fourth-order valence-corrected chi connectivity index (χ4v) is 0.988. The lowest BCUT2D eigenvalue weighted by Crippen LogP contribution is -2.08. The number of nitrogens with zero attached hydrogens (tertiary/aromatic N) is 1. The Balaban J connectivity index is 3.20. The summed E-state index contributed by atoms with van der Waals surface area (Å²) in [5.41, 5.74) is 1.08. The van der Waals surface area contributed by atoms with Crippen molar-refractivity contribution in [1.29, 1.82) is 0 Å². The van der Waals surface area contributed by atoms with Crippen molar-refractivity contribution in [1.82, 2.24) is 4.98 Å². The molecule has 1 aromatic rings. The van der Waals surface area contributed by atoms with E-state index in [2.05, 4.69) is 4.98 Å². The van der Waals surface area contributed by atoms with Crippen LogP contribution in [-0.2, 0) is 0 Å². The SMILES string of the molecule is Bc1cnc(C(=O)Cl)c(OC)c1. The van der Waals surface area contributed by atoms with E-state index in [1.165, 1.54) is 7.11 Å². The van der Waals surface area contributed by atoms with Gasteiger partial charge in [0.15, 0.2) is 5.69 Å². The largest absolute Gasteiger partial charge is 0.494 e. The number of methoxy groups -OCH3 is 1. The molecule has 12 heavy (non-hydrogen) atoms. The summed E-state index contributed by atoms with van der Waals surface area (Å²) in [7, 11) is 3.33. The Bertz CT molecular complexity index is 316. The monoisotopic (exact) mass is 183 g/mol. The average Bonchev–Trinajstić information content (AvgIpc) is 2.03. The molecule has 1 heterocycles. The molecule has 3 nitrogen and oxygen atoms in total. The Hall–Kier alpha value is -1.03. The molecule has 0 aliphatic heterocycles. The van der Waals surface area contributed by atoms with Gasteiger partial charge in [-0.25, -0.2) is 4.98 Å². The Kier molecular flexibility index (Phi) is 2.71. The lowest BCUT2D eigenvalue weighted by molar-refractivity contribution is 0.107. The summed E-state index contributed by atoms with van der Waals surface area (Å²) in [6.45, 7) is 0. The van der Waals surface area contributed by atoms with Crippen LogP contribution in [0.5, 0.6) is 5.75 Å². The van der Waals surface area contributed by atoms with Gasteiger partial charge < -0.3 is 4.74 Å². The molecular formula is C7H7BClNO2. The number of halogens is 1. The van der Waals surface area contributed by atoms with E-state index < -0.39 is 5.24 Å². The molecule has 1 aromatic heterocycles. The molecule has 0 amide bonds. The molecule has 62 valence electrons. The van der Waals surface area contributed by atoms with E-state index in [-0.39, 0.29) is 5.69 Å². The highest BCUT2D eigenvalue weighted by Crippen LogP contribution is 2.14. The first-order valence-electron chi connectivity index (χ1n) is 3.35. The number of rotatable bonds is 2. The van der Waals surface area contributed by atoms with Crippen molar-refractivity contribution in [3.63, 3.8) is 0 Å². The molecule has 0 atom stereocenters. The van der Waals surface area contributed by atoms with Gasteiger partial charge >= 0.3 is 0 Å². The smallest absolute Gasteiger partial charge is 0.274 e. The number of hydrogen-bond donors (Lipinski definition) is 0. The highest BCUT2D eigenvalue weighted by Gasteiger charge is 2.10. The van der Waals surface area contributed by atoms with Gasteiger partial charge in [-0.15, -0.1) is 0 Å². The maximum atomic E-state index is 10.8. The molecule has 0 unspecified atom stereocenters. The summed E-state index contributed by atoms with van der Waals surface area (Å²) in [5, 5.41) is -0.605. The fourth-order valence-electron chi connectivity index (χ4n) is 0.846. The molecule has 0 N–H and O–H groups in total. The number of aromatic nitrogens is 1. The Morgan fingerprint density at radius 3 is 2.92 bits per heavy atom. The summed E-state index contributed by atoms with van der Waals surface area (Å²) >= 11 is 5.26. The molecule has 0 spiro atoms. The van der Waals surface area contributed by atoms with Crippen molar-refractivity contribution in [2.75, 3.05) is 7.11 Å². The van der Waals surface area contributed by atoms with E-state index >= 15 is 0 Å². The zero-order valence-corrected chi connectivity index (χ0v) is 7.55. The van der Waals surface area contributed by atoms with Gasteiger partial charge in [-0.05, 0) is 17.7 Å². The number of pyridine rings is 1. The zero-order chi connectivity index (χ0) is 9.14. The van der Waals surface area contributed by atoms with E-state index in [0.29, 0.717) is 5.75 Å². The van der Waals surface area contributed by atoms with E-state index in [0.717, 1.165) is 5.46 Å². The van der Waals surface area contributed by atoms with Gasteiger partial charge in [0.25, 0.3) is 5.24 Å². The first-order valence-corrected chi connectivity index (χ1v) is 3.73. The highest BCUT2D eigenvalue weighted by molar-refractivity contribution is 6.67. The predicted octanol–water partition coefficient (Wildman–Crippen LogP) is -0.272. The van der Waals surface area contributed by atoms with Crippen molar-refractivity contribution in [3.05, 3.63) is 18.0 Å². The van der Waals surface area contributed by atoms with Crippen LogP contribution >= 0.6 is 11.6 Å². The molecule has 0 aromatic carbocycles. The van der Waals surface area contributed by atoms with Crippen LogP contribution in [0.3, 0.4) is 0 Å². The molecule has 0 aliphatic rings. The van der Waals surface area contributed by atoms with Gasteiger partial charge in [0, 0.05) is 6.20 Å². The fraction of sp³-hybridized carbons (Fsp3) is 0.143. The van der Waals surface area contributed by atoms with Crippen molar-refractivity contribution in [2.45, 2.75) is 0 Å². The van der Waals surface area contributed by atoms with Gasteiger partial charge in [-0.3, -0.25) is 4.79 Å². The maximum absolute atomic E-state index is 10.8. The van der Waals surface area contributed by atoms with Crippen molar-refractivity contribution in [2.24, 2.45) is 0 Å². The minimum atomic E-state index is -0.605. The number of carbonyl (C=O) groups is 1. The first kappa shape index (κ1) is 9.07. The van der Waals surface area contributed by atoms with Crippen LogP contribution < -0.4 is 10.2 Å². The van der Waals surface area contributed by atoms with Crippen LogP contribution in [0, 0.1) is 0 Å². The molecule has 5 heteroatoms. The molecule has 0 aliphatic carbocycles. The second kappa shape index (κ2) is 3.58. The van der Waals surface area contributed by atoms with E-state index in [9.17, 15) is 4.79 Å². The minimum Gasteiger partial charge on any atom is -0.494 e. The zero-order valence-electron chi connectivity index (χ0n) is 6.80. The van der Waals surface area contributed by atoms with Gasteiger partial charge in [0.1, 0.15) is 13.6 Å². The molecule has 1 rings (SSSR count). The van der Waals surface area contributed by atoms with Crippen LogP contribution in [0.4, 0.5) is 0 Å². The van der Waals surface area contributed by atoms with E-state index in [1.807, 2.05) is 7.85 Å². The summed E-state index contributed by atoms with van der Waals surface area (Å²) < 4.78 is 4.92. The number of carbonyl (C=O) groups excluding carboxylic acids is 1. The van der Waals surface area contributed by atoms with Gasteiger partial charge in [0.2, 0.25) is 0 Å². The molecular weight excluding hydrogens is 176 g/mol. The van der Waals surface area contributed by atoms with Crippen molar-refractivity contribution >= 4 is 30.2 Å². The summed E-state index contributed by atoms with van der Waals surface area (Å²) in [6.07, 6.45) is 1.57. The predicted molar refractivity (Wildman–Crippen MR) is 49.2 cm³/mol. The van der Waals surface area contributed by atoms with Gasteiger partial charge in [-0.2, -0.15) is 0 Å². The molecule has 0 radical (unpaired) electrons. The first-order chi connectivity index (χ1) is 5.65. The Morgan fingerprint density at radius 1 is 1.75 bits per heavy atom. The van der Waals surface area contributed by atoms with Gasteiger partial charge in [0.05, 0.1) is 7.11 Å². The van der Waals surface area contributed by atoms with E-state index in [1.54, 1.807) is 12.3 Å². The van der Waals surface area contributed by atoms with Crippen LogP contribution in [0.25, 0.3) is 0 Å². The third-order valence-corrected chi connectivity index (χ3v) is 1.57. The number of ether oxygens (including phenoxy) is 1. The minimum absolute atomic E-state index is 0.157. The Labute approximate surface area is 76.1 Å². The van der Waals surface area contributed by atoms with Crippen LogP contribution in [0.15, 0.2) is 12.3 Å². The van der Waals surface area contributed by atoms with Crippen LogP contribution in [0.2, 0.25) is 0 Å². The Morgan fingerprint density at radius 2 is 2.42 bits per heavy atom. The third-order valence-electron chi connectivity index (χ3n) is 1.40. The summed E-state index contributed by atoms with van der Waals surface area (Å²) in [6, 6.07) is 1.71. The third kappa shape index (κ3) is 1.77. The normalized spacial score (nSPS) is 9.50. The maximum Gasteiger partial charge on any atom is 0.274 e. The van der Waals surface area contributed by atoms with Crippen LogP contribution in [0.1, 0.15) is 10.5 Å². The van der Waals surface area contributed by atoms with Crippen molar-refractivity contribution in [3.8, 4) is 5.75 Å². The molecule has 0 saturated heterocycles. The second-order valence-corrected chi connectivity index (χ2v) is 2.68. The topological polar surface area (TPSA) is 39.2 Å². The second-order valence-electron chi connectivity index (χ2n) is 2.34. The average molecular weight is 183 g/mol. The van der Waals surface area contributed by atoms with E-state index in [4.69, 9.17) is 16.3 Å². The van der Waals surface area contributed by atoms with Crippen molar-refractivity contribution < 1.29 is 9.53 Å². The molecule has 0 saturated carbocycles. The standard InChI is InChI=1S/C7H7BClNO2/c1-12-5-2-4(8)3-10-6(5)7(9)11/h2-3H,8H2,1H3. The lowest BCUT2D eigenvalue weighted by atomic mass is 9.98. The lowest BCUT2D eigenvalue weighted by Gasteiger charge is -2.03. The highest BCUT2D eigenvalue weighted by atomic mass is 35.5. The quantitative estimate of drug-likeness (QED) is 0.468. The summed E-state index contributed by atoms with van der Waals surface area (Å²) in [4.78, 5) is 14.6. The van der Waals surface area contributed by atoms with Gasteiger partial charge in [-0.1, -0.05) is 5.46 Å². The number of hydrogen-bond acceptors (Lipinski definition) is 3. The molecule has 0 bridgehead atoms. The molecule has 0 fully saturated rings. The summed E-state index contributed by atoms with van der Waals surface area (Å²) in [5.74, 6) is 0.412. The van der Waals surface area contributed by atoms with Crippen LogP contribution in [-0.4, -0.2) is 25.2 Å².